The third kappa shape index (κ3) is 2.97. The molecule has 2 nitrogen and oxygen atoms in total. The first-order chi connectivity index (χ1) is 7.40. The van der Waals surface area contributed by atoms with Gasteiger partial charge in [-0.25, -0.2) is 0 Å². The normalized spacial score (nSPS) is 20.7. The van der Waals surface area contributed by atoms with Crippen molar-refractivity contribution in [3.8, 4) is 0 Å². The molecule has 2 rings (SSSR count). The summed E-state index contributed by atoms with van der Waals surface area (Å²) in [6, 6.07) is 8.72. The molecule has 0 radical (unpaired) electrons. The standard InChI is InChI=1S/C12H17NOS/c14-8-11-4-2-1-3-10(11)7-13-12-5-6-15-9-12/h1-4,12-14H,5-9H2. The van der Waals surface area contributed by atoms with Gasteiger partial charge >= 0.3 is 0 Å². The van der Waals surface area contributed by atoms with Crippen molar-refractivity contribution >= 4 is 11.8 Å². The van der Waals surface area contributed by atoms with E-state index in [0.717, 1.165) is 12.1 Å². The molecule has 0 bridgehead atoms. The van der Waals surface area contributed by atoms with Gasteiger partial charge in [0.15, 0.2) is 0 Å². The SMILES string of the molecule is OCc1ccccc1CNC1CCSC1. The van der Waals surface area contributed by atoms with Crippen molar-refractivity contribution in [1.82, 2.24) is 5.32 Å². The number of nitrogens with one attached hydrogen (secondary N) is 1. The van der Waals surface area contributed by atoms with Gasteiger partial charge in [0.05, 0.1) is 6.61 Å². The maximum atomic E-state index is 9.18. The van der Waals surface area contributed by atoms with E-state index in [1.807, 2.05) is 30.0 Å². The van der Waals surface area contributed by atoms with Crippen LogP contribution in [0.25, 0.3) is 0 Å². The highest BCUT2D eigenvalue weighted by Gasteiger charge is 2.14. The molecule has 1 unspecified atom stereocenters. The fourth-order valence-electron chi connectivity index (χ4n) is 1.83. The lowest BCUT2D eigenvalue weighted by Crippen LogP contribution is -2.28. The average molecular weight is 223 g/mol. The molecule has 1 heterocycles. The predicted molar refractivity (Wildman–Crippen MR) is 64.9 cm³/mol. The van der Waals surface area contributed by atoms with Gasteiger partial charge in [0, 0.05) is 18.3 Å². The summed E-state index contributed by atoms with van der Waals surface area (Å²) < 4.78 is 0. The van der Waals surface area contributed by atoms with Crippen molar-refractivity contribution in [2.45, 2.75) is 25.6 Å². The van der Waals surface area contributed by atoms with Crippen LogP contribution in [0.2, 0.25) is 0 Å². The van der Waals surface area contributed by atoms with E-state index in [0.29, 0.717) is 6.04 Å². The minimum Gasteiger partial charge on any atom is -0.392 e. The Morgan fingerprint density at radius 1 is 1.33 bits per heavy atom. The number of aliphatic hydroxyl groups excluding tert-OH is 1. The van der Waals surface area contributed by atoms with E-state index in [2.05, 4.69) is 11.4 Å². The molecule has 0 spiro atoms. The van der Waals surface area contributed by atoms with E-state index in [4.69, 9.17) is 0 Å². The fourth-order valence-corrected chi connectivity index (χ4v) is 3.02. The first kappa shape index (κ1) is 11.0. The van der Waals surface area contributed by atoms with Crippen molar-refractivity contribution in [1.29, 1.82) is 0 Å². The average Bonchev–Trinajstić information content (AvgIpc) is 2.79. The van der Waals surface area contributed by atoms with Crippen LogP contribution in [0.5, 0.6) is 0 Å². The highest BCUT2D eigenvalue weighted by atomic mass is 32.2. The van der Waals surface area contributed by atoms with Gasteiger partial charge in [-0.1, -0.05) is 24.3 Å². The van der Waals surface area contributed by atoms with Gasteiger partial charge in [-0.3, -0.25) is 0 Å². The summed E-state index contributed by atoms with van der Waals surface area (Å²) in [5, 5.41) is 12.7. The highest BCUT2D eigenvalue weighted by molar-refractivity contribution is 7.99. The number of rotatable bonds is 4. The topological polar surface area (TPSA) is 32.3 Å². The maximum absolute atomic E-state index is 9.18. The van der Waals surface area contributed by atoms with Gasteiger partial charge in [0.2, 0.25) is 0 Å². The molecule has 2 N–H and O–H groups in total. The second kappa shape index (κ2) is 5.54. The molecule has 0 amide bonds. The van der Waals surface area contributed by atoms with Gasteiger partial charge in [0.25, 0.3) is 0 Å². The molecule has 1 saturated heterocycles. The van der Waals surface area contributed by atoms with Crippen LogP contribution in [-0.2, 0) is 13.2 Å². The van der Waals surface area contributed by atoms with E-state index in [9.17, 15) is 5.11 Å². The molecule has 3 heteroatoms. The molecule has 0 aliphatic carbocycles. The molecule has 1 atom stereocenters. The number of aliphatic hydroxyl groups is 1. The van der Waals surface area contributed by atoms with Gasteiger partial charge < -0.3 is 10.4 Å². The predicted octanol–water partition coefficient (Wildman–Crippen LogP) is 1.77. The van der Waals surface area contributed by atoms with Crippen molar-refractivity contribution in [2.24, 2.45) is 0 Å². The molecule has 1 aromatic carbocycles. The Morgan fingerprint density at radius 3 is 2.80 bits per heavy atom. The second-order valence-corrected chi connectivity index (χ2v) is 5.02. The molecule has 1 aliphatic heterocycles. The van der Waals surface area contributed by atoms with Crippen molar-refractivity contribution in [2.75, 3.05) is 11.5 Å². The Labute approximate surface area is 95.1 Å². The van der Waals surface area contributed by atoms with E-state index in [-0.39, 0.29) is 6.61 Å². The van der Waals surface area contributed by atoms with Crippen LogP contribution >= 0.6 is 11.8 Å². The molecular formula is C12H17NOS. The number of benzene rings is 1. The zero-order valence-electron chi connectivity index (χ0n) is 8.78. The number of hydrogen-bond donors (Lipinski definition) is 2. The summed E-state index contributed by atoms with van der Waals surface area (Å²) in [6.07, 6.45) is 1.27. The molecular weight excluding hydrogens is 206 g/mol. The van der Waals surface area contributed by atoms with Gasteiger partial charge in [-0.2, -0.15) is 11.8 Å². The zero-order chi connectivity index (χ0) is 10.5. The van der Waals surface area contributed by atoms with E-state index >= 15 is 0 Å². The van der Waals surface area contributed by atoms with Crippen molar-refractivity contribution in [3.63, 3.8) is 0 Å². The Kier molecular flexibility index (Phi) is 4.06. The minimum absolute atomic E-state index is 0.136. The smallest absolute Gasteiger partial charge is 0.0685 e. The number of thioether (sulfide) groups is 1. The molecule has 82 valence electrons. The van der Waals surface area contributed by atoms with Crippen LogP contribution in [-0.4, -0.2) is 22.7 Å². The second-order valence-electron chi connectivity index (χ2n) is 3.87. The first-order valence-electron chi connectivity index (χ1n) is 5.39. The van der Waals surface area contributed by atoms with E-state index < -0.39 is 0 Å². The first-order valence-corrected chi connectivity index (χ1v) is 6.54. The summed E-state index contributed by atoms with van der Waals surface area (Å²) in [4.78, 5) is 0. The third-order valence-electron chi connectivity index (χ3n) is 2.80. The summed E-state index contributed by atoms with van der Waals surface area (Å²) in [5.41, 5.74) is 2.26. The minimum atomic E-state index is 0.136. The van der Waals surface area contributed by atoms with Crippen LogP contribution in [0.15, 0.2) is 24.3 Å². The van der Waals surface area contributed by atoms with Crippen LogP contribution in [0.1, 0.15) is 17.5 Å². The molecule has 1 aromatic rings. The quantitative estimate of drug-likeness (QED) is 0.816. The lowest BCUT2D eigenvalue weighted by atomic mass is 10.1. The summed E-state index contributed by atoms with van der Waals surface area (Å²) in [5.74, 6) is 2.50. The molecule has 1 aliphatic rings. The Balaban J connectivity index is 1.91. The van der Waals surface area contributed by atoms with Crippen LogP contribution < -0.4 is 5.32 Å². The third-order valence-corrected chi connectivity index (χ3v) is 3.96. The van der Waals surface area contributed by atoms with Gasteiger partial charge in [-0.15, -0.1) is 0 Å². The monoisotopic (exact) mass is 223 g/mol. The maximum Gasteiger partial charge on any atom is 0.0685 e. The number of hydrogen-bond acceptors (Lipinski definition) is 3. The van der Waals surface area contributed by atoms with Gasteiger partial charge in [0.1, 0.15) is 0 Å². The Bertz CT molecular complexity index is 310. The molecule has 1 fully saturated rings. The van der Waals surface area contributed by atoms with Crippen LogP contribution in [0.4, 0.5) is 0 Å². The van der Waals surface area contributed by atoms with E-state index in [1.54, 1.807) is 0 Å². The van der Waals surface area contributed by atoms with Crippen molar-refractivity contribution in [3.05, 3.63) is 35.4 Å². The Morgan fingerprint density at radius 2 is 2.13 bits per heavy atom. The molecule has 0 aromatic heterocycles. The summed E-state index contributed by atoms with van der Waals surface area (Å²) in [6.45, 7) is 1.01. The fraction of sp³-hybridized carbons (Fsp3) is 0.500. The Hall–Kier alpha value is -0.510. The molecule has 0 saturated carbocycles. The molecule has 15 heavy (non-hydrogen) atoms. The zero-order valence-corrected chi connectivity index (χ0v) is 9.59. The van der Waals surface area contributed by atoms with Crippen molar-refractivity contribution < 1.29 is 5.11 Å². The lowest BCUT2D eigenvalue weighted by Gasteiger charge is -2.13. The van der Waals surface area contributed by atoms with Crippen LogP contribution in [0.3, 0.4) is 0 Å². The van der Waals surface area contributed by atoms with E-state index in [1.165, 1.54) is 23.5 Å². The highest BCUT2D eigenvalue weighted by Crippen LogP contribution is 2.18. The largest absolute Gasteiger partial charge is 0.392 e. The lowest BCUT2D eigenvalue weighted by molar-refractivity contribution is 0.280. The van der Waals surface area contributed by atoms with Gasteiger partial charge in [-0.05, 0) is 23.3 Å². The van der Waals surface area contributed by atoms with Crippen LogP contribution in [0, 0.1) is 0 Å². The summed E-state index contributed by atoms with van der Waals surface area (Å²) in [7, 11) is 0. The summed E-state index contributed by atoms with van der Waals surface area (Å²) >= 11 is 2.02.